The fourth-order valence-corrected chi connectivity index (χ4v) is 5.75. The van der Waals surface area contributed by atoms with Crippen molar-refractivity contribution in [1.82, 2.24) is 4.72 Å². The summed E-state index contributed by atoms with van der Waals surface area (Å²) in [5.41, 5.74) is 0.992. The summed E-state index contributed by atoms with van der Waals surface area (Å²) in [7, 11) is 1.08. The van der Waals surface area contributed by atoms with E-state index in [-0.39, 0.29) is 0 Å². The lowest BCUT2D eigenvalue weighted by Crippen LogP contribution is -2.24. The summed E-state index contributed by atoms with van der Waals surface area (Å²) >= 11 is 0. The maximum absolute atomic E-state index is 9.94. The van der Waals surface area contributed by atoms with Crippen LogP contribution in [0.2, 0.25) is 0 Å². The number of allylic oxidation sites excluding steroid dienone is 2. The van der Waals surface area contributed by atoms with Gasteiger partial charge in [-0.15, -0.1) is 10.2 Å². The third-order valence-corrected chi connectivity index (χ3v) is 7.31. The van der Waals surface area contributed by atoms with Crippen LogP contribution in [0.25, 0.3) is 0 Å². The van der Waals surface area contributed by atoms with E-state index >= 15 is 0 Å². The second kappa shape index (κ2) is 6.02. The molecule has 1 heterocycles. The first-order valence-corrected chi connectivity index (χ1v) is 9.49. The fourth-order valence-electron chi connectivity index (χ4n) is 2.96. The predicted octanol–water partition coefficient (Wildman–Crippen LogP) is 4.08. The Labute approximate surface area is 119 Å². The van der Waals surface area contributed by atoms with E-state index in [0.717, 1.165) is 18.1 Å². The minimum Gasteiger partial charge on any atom is -0.390 e. The first kappa shape index (κ1) is 15.1. The summed E-state index contributed by atoms with van der Waals surface area (Å²) in [5, 5.41) is 14.8. The van der Waals surface area contributed by atoms with Gasteiger partial charge in [0.15, 0.2) is 0 Å². The van der Waals surface area contributed by atoms with Crippen molar-refractivity contribution in [3.8, 4) is 0 Å². The number of hydrogen-bond acceptors (Lipinski definition) is 2. The highest BCUT2D eigenvalue weighted by molar-refractivity contribution is 8.37. The normalized spacial score (nSPS) is 32.1. The molecule has 1 saturated carbocycles. The minimum absolute atomic E-state index is 0.563. The van der Waals surface area contributed by atoms with Crippen molar-refractivity contribution < 1.29 is 5.11 Å². The van der Waals surface area contributed by atoms with Gasteiger partial charge in [-0.25, -0.2) is 0 Å². The standard InChI is InChI=1S/C16H29NOS/c1-16(2,18)10-12-19(17-3)11-9-15(13-19)14-7-5-4-6-8-14/h9,11,13-14,17-18H,4-8,10,12H2,1-3H3. The molecule has 0 aromatic carbocycles. The van der Waals surface area contributed by atoms with Gasteiger partial charge in [-0.2, -0.15) is 0 Å². The summed E-state index contributed by atoms with van der Waals surface area (Å²) in [6.45, 7) is 3.81. The van der Waals surface area contributed by atoms with Gasteiger partial charge in [0.2, 0.25) is 0 Å². The van der Waals surface area contributed by atoms with Gasteiger partial charge >= 0.3 is 0 Å². The molecule has 0 bridgehead atoms. The van der Waals surface area contributed by atoms with E-state index in [2.05, 4.69) is 28.7 Å². The van der Waals surface area contributed by atoms with E-state index in [9.17, 15) is 5.11 Å². The monoisotopic (exact) mass is 283 g/mol. The molecule has 0 aromatic heterocycles. The van der Waals surface area contributed by atoms with Crippen LogP contribution in [0.3, 0.4) is 0 Å². The highest BCUT2D eigenvalue weighted by Crippen LogP contribution is 2.54. The van der Waals surface area contributed by atoms with Crippen molar-refractivity contribution >= 4 is 10.2 Å². The van der Waals surface area contributed by atoms with Gasteiger partial charge in [-0.1, -0.05) is 25.3 Å². The highest BCUT2D eigenvalue weighted by atomic mass is 32.3. The molecule has 1 unspecified atom stereocenters. The Kier molecular flexibility index (Phi) is 4.80. The van der Waals surface area contributed by atoms with Gasteiger partial charge in [0.1, 0.15) is 0 Å². The minimum atomic E-state index is -0.983. The number of nitrogens with one attached hydrogen (secondary N) is 1. The zero-order valence-corrected chi connectivity index (χ0v) is 13.4. The quantitative estimate of drug-likeness (QED) is 0.797. The molecule has 2 aliphatic rings. The first-order valence-electron chi connectivity index (χ1n) is 7.56. The molecule has 0 spiro atoms. The smallest absolute Gasteiger partial charge is 0.0599 e. The van der Waals surface area contributed by atoms with Crippen LogP contribution >= 0.6 is 10.2 Å². The SMILES string of the molecule is CNS1(CCC(C)(C)O)C=CC(C2CCCCC2)=C1. The van der Waals surface area contributed by atoms with E-state index in [4.69, 9.17) is 0 Å². The summed E-state index contributed by atoms with van der Waals surface area (Å²) < 4.78 is 3.53. The van der Waals surface area contributed by atoms with Crippen molar-refractivity contribution in [3.05, 3.63) is 22.5 Å². The lowest BCUT2D eigenvalue weighted by atomic mass is 9.84. The Hall–Kier alpha value is -0.250. The lowest BCUT2D eigenvalue weighted by Gasteiger charge is -2.34. The molecule has 2 N–H and O–H groups in total. The lowest BCUT2D eigenvalue weighted by molar-refractivity contribution is 0.0776. The average Bonchev–Trinajstić information content (AvgIpc) is 2.82. The molecule has 110 valence electrons. The van der Waals surface area contributed by atoms with Crippen molar-refractivity contribution in [2.45, 2.75) is 58.0 Å². The molecule has 1 atom stereocenters. The molecular formula is C16H29NOS. The first-order chi connectivity index (χ1) is 8.94. The zero-order chi connectivity index (χ0) is 13.9. The zero-order valence-electron chi connectivity index (χ0n) is 12.6. The van der Waals surface area contributed by atoms with Crippen LogP contribution in [0.5, 0.6) is 0 Å². The second-order valence-corrected chi connectivity index (χ2v) is 9.60. The molecule has 19 heavy (non-hydrogen) atoms. The van der Waals surface area contributed by atoms with E-state index in [1.54, 1.807) is 5.57 Å². The largest absolute Gasteiger partial charge is 0.390 e. The van der Waals surface area contributed by atoms with Crippen LogP contribution in [-0.4, -0.2) is 23.5 Å². The predicted molar refractivity (Wildman–Crippen MR) is 86.2 cm³/mol. The van der Waals surface area contributed by atoms with Gasteiger partial charge < -0.3 is 5.11 Å². The second-order valence-electron chi connectivity index (χ2n) is 6.58. The van der Waals surface area contributed by atoms with E-state index in [1.807, 2.05) is 13.8 Å². The third kappa shape index (κ3) is 4.11. The van der Waals surface area contributed by atoms with Crippen LogP contribution in [0.1, 0.15) is 52.4 Å². The molecule has 0 radical (unpaired) electrons. The Balaban J connectivity index is 2.02. The van der Waals surface area contributed by atoms with Crippen molar-refractivity contribution in [2.24, 2.45) is 5.92 Å². The Morgan fingerprint density at radius 1 is 1.32 bits per heavy atom. The van der Waals surface area contributed by atoms with Crippen LogP contribution < -0.4 is 4.72 Å². The molecular weight excluding hydrogens is 254 g/mol. The van der Waals surface area contributed by atoms with Gasteiger partial charge in [0.25, 0.3) is 0 Å². The van der Waals surface area contributed by atoms with Crippen LogP contribution in [0, 0.1) is 5.92 Å². The van der Waals surface area contributed by atoms with Gasteiger partial charge in [0.05, 0.1) is 5.60 Å². The number of aliphatic hydroxyl groups is 1. The molecule has 2 rings (SSSR count). The molecule has 2 nitrogen and oxygen atoms in total. The molecule has 0 amide bonds. The van der Waals surface area contributed by atoms with E-state index in [0.29, 0.717) is 0 Å². The summed E-state index contributed by atoms with van der Waals surface area (Å²) in [6.07, 6.45) is 10.1. The summed E-state index contributed by atoms with van der Waals surface area (Å²) in [4.78, 5) is 0. The number of rotatable bonds is 5. The van der Waals surface area contributed by atoms with E-state index in [1.165, 1.54) is 32.1 Å². The molecule has 1 aliphatic heterocycles. The maximum Gasteiger partial charge on any atom is 0.0599 e. The molecule has 3 heteroatoms. The molecule has 0 saturated heterocycles. The van der Waals surface area contributed by atoms with Crippen molar-refractivity contribution in [3.63, 3.8) is 0 Å². The highest BCUT2D eigenvalue weighted by Gasteiger charge is 2.27. The van der Waals surface area contributed by atoms with Gasteiger partial charge in [0, 0.05) is 0 Å². The van der Waals surface area contributed by atoms with Crippen LogP contribution in [0.4, 0.5) is 0 Å². The summed E-state index contributed by atoms with van der Waals surface area (Å²) in [6, 6.07) is 0. The summed E-state index contributed by atoms with van der Waals surface area (Å²) in [5.74, 6) is 1.83. The average molecular weight is 283 g/mol. The van der Waals surface area contributed by atoms with Crippen molar-refractivity contribution in [1.29, 1.82) is 0 Å². The maximum atomic E-state index is 9.94. The van der Waals surface area contributed by atoms with Gasteiger partial charge in [-0.3, -0.25) is 4.72 Å². The van der Waals surface area contributed by atoms with E-state index < -0.39 is 15.8 Å². The topological polar surface area (TPSA) is 32.3 Å². The Morgan fingerprint density at radius 3 is 2.58 bits per heavy atom. The van der Waals surface area contributed by atoms with Crippen LogP contribution in [-0.2, 0) is 0 Å². The Morgan fingerprint density at radius 2 is 2.00 bits per heavy atom. The fraction of sp³-hybridized carbons (Fsp3) is 0.750. The van der Waals surface area contributed by atoms with Crippen LogP contribution in [0.15, 0.2) is 22.5 Å². The third-order valence-electron chi connectivity index (χ3n) is 4.36. The van der Waals surface area contributed by atoms with Crippen molar-refractivity contribution in [2.75, 3.05) is 12.8 Å². The molecule has 0 aromatic rings. The molecule has 1 aliphatic carbocycles. The number of hydrogen-bond donors (Lipinski definition) is 2. The van der Waals surface area contributed by atoms with Gasteiger partial charge in [-0.05, 0) is 68.2 Å². The molecule has 1 fully saturated rings. The Bertz CT molecular complexity index is 363.